The summed E-state index contributed by atoms with van der Waals surface area (Å²) in [6.45, 7) is -0.172. The summed E-state index contributed by atoms with van der Waals surface area (Å²) in [4.78, 5) is 36.0. The second-order valence-electron chi connectivity index (χ2n) is 5.89. The van der Waals surface area contributed by atoms with Gasteiger partial charge in [0.05, 0.1) is 35.9 Å². The summed E-state index contributed by atoms with van der Waals surface area (Å²) in [6, 6.07) is 9.99. The highest BCUT2D eigenvalue weighted by Crippen LogP contribution is 2.20. The maximum Gasteiger partial charge on any atom is 0.339 e. The molecule has 2 aromatic rings. The van der Waals surface area contributed by atoms with E-state index in [0.29, 0.717) is 0 Å². The minimum atomic E-state index is -3.78. The van der Waals surface area contributed by atoms with Gasteiger partial charge in [-0.25, -0.2) is 22.7 Å². The number of nitrogens with one attached hydrogen (secondary N) is 2. The number of anilines is 1. The van der Waals surface area contributed by atoms with Crippen molar-refractivity contribution in [3.63, 3.8) is 0 Å². The number of halogens is 1. The molecular formula is C19H19BrN2O7S. The fourth-order valence-electron chi connectivity index (χ4n) is 2.39. The first-order valence-corrected chi connectivity index (χ1v) is 10.8. The molecule has 0 radical (unpaired) electrons. The lowest BCUT2D eigenvalue weighted by molar-refractivity contribution is -0.116. The van der Waals surface area contributed by atoms with Crippen LogP contribution in [0.3, 0.4) is 0 Å². The molecule has 0 fully saturated rings. The van der Waals surface area contributed by atoms with Gasteiger partial charge in [0.25, 0.3) is 0 Å². The number of hydrogen-bond donors (Lipinski definition) is 2. The van der Waals surface area contributed by atoms with Crippen molar-refractivity contribution < 1.29 is 32.3 Å². The van der Waals surface area contributed by atoms with Gasteiger partial charge in [-0.3, -0.25) is 4.79 Å². The minimum absolute atomic E-state index is 0.0361. The molecule has 0 spiro atoms. The molecular weight excluding hydrogens is 480 g/mol. The predicted molar refractivity (Wildman–Crippen MR) is 112 cm³/mol. The Kier molecular flexibility index (Phi) is 8.09. The number of rotatable bonds is 8. The van der Waals surface area contributed by atoms with Gasteiger partial charge in [-0.2, -0.15) is 0 Å². The van der Waals surface area contributed by atoms with Crippen molar-refractivity contribution >= 4 is 49.5 Å². The third-order valence-electron chi connectivity index (χ3n) is 3.89. The molecule has 2 N–H and O–H groups in total. The van der Waals surface area contributed by atoms with Gasteiger partial charge in [0.1, 0.15) is 0 Å². The third kappa shape index (κ3) is 6.12. The smallest absolute Gasteiger partial charge is 0.339 e. The summed E-state index contributed by atoms with van der Waals surface area (Å²) < 4.78 is 36.9. The number of amides is 1. The normalized spacial score (nSPS) is 10.9. The number of methoxy groups -OCH3 is 2. The van der Waals surface area contributed by atoms with E-state index in [1.807, 2.05) is 0 Å². The van der Waals surface area contributed by atoms with Gasteiger partial charge in [-0.1, -0.05) is 15.9 Å². The van der Waals surface area contributed by atoms with E-state index in [1.165, 1.54) is 44.6 Å². The van der Waals surface area contributed by atoms with Crippen molar-refractivity contribution in [2.45, 2.75) is 11.3 Å². The lowest BCUT2D eigenvalue weighted by Gasteiger charge is -2.12. The molecule has 0 heterocycles. The molecule has 0 saturated heterocycles. The van der Waals surface area contributed by atoms with Crippen LogP contribution in [0, 0.1) is 0 Å². The zero-order chi connectivity index (χ0) is 22.3. The van der Waals surface area contributed by atoms with Crippen LogP contribution in [0.2, 0.25) is 0 Å². The number of ether oxygens (including phenoxy) is 2. The first-order chi connectivity index (χ1) is 14.2. The Hall–Kier alpha value is -2.76. The summed E-state index contributed by atoms with van der Waals surface area (Å²) in [5, 5.41) is 2.49. The van der Waals surface area contributed by atoms with E-state index >= 15 is 0 Å². The van der Waals surface area contributed by atoms with Crippen LogP contribution in [0.15, 0.2) is 51.8 Å². The molecule has 30 heavy (non-hydrogen) atoms. The average molecular weight is 499 g/mol. The monoisotopic (exact) mass is 498 g/mol. The zero-order valence-corrected chi connectivity index (χ0v) is 18.5. The summed E-state index contributed by atoms with van der Waals surface area (Å²) >= 11 is 3.23. The Bertz CT molecular complexity index is 1050. The van der Waals surface area contributed by atoms with Gasteiger partial charge in [0, 0.05) is 17.4 Å². The quantitative estimate of drug-likeness (QED) is 0.534. The molecule has 0 atom stereocenters. The highest BCUT2D eigenvalue weighted by atomic mass is 79.9. The van der Waals surface area contributed by atoms with Crippen molar-refractivity contribution in [1.82, 2.24) is 4.72 Å². The topological polar surface area (TPSA) is 128 Å². The van der Waals surface area contributed by atoms with Crippen LogP contribution < -0.4 is 10.0 Å². The summed E-state index contributed by atoms with van der Waals surface area (Å²) in [7, 11) is -1.40. The number of carbonyl (C=O) groups is 3. The van der Waals surface area contributed by atoms with Crippen LogP contribution in [-0.4, -0.2) is 47.0 Å². The SMILES string of the molecule is COC(=O)c1ccc(C(=O)OC)c(NC(=O)CCNS(=O)(=O)c2ccc(Br)cc2)c1. The first-order valence-electron chi connectivity index (χ1n) is 8.53. The van der Waals surface area contributed by atoms with Crippen LogP contribution in [0.1, 0.15) is 27.1 Å². The largest absolute Gasteiger partial charge is 0.465 e. The molecule has 2 rings (SSSR count). The lowest BCUT2D eigenvalue weighted by Crippen LogP contribution is -2.28. The molecule has 160 valence electrons. The molecule has 0 unspecified atom stereocenters. The van der Waals surface area contributed by atoms with Gasteiger partial charge in [0.2, 0.25) is 15.9 Å². The van der Waals surface area contributed by atoms with Crippen molar-refractivity contribution in [3.8, 4) is 0 Å². The maximum absolute atomic E-state index is 12.3. The Morgan fingerprint density at radius 3 is 2.20 bits per heavy atom. The number of benzene rings is 2. The van der Waals surface area contributed by atoms with E-state index in [2.05, 4.69) is 35.4 Å². The highest BCUT2D eigenvalue weighted by Gasteiger charge is 2.18. The number of esters is 2. The fraction of sp³-hybridized carbons (Fsp3) is 0.211. The Morgan fingerprint density at radius 2 is 1.60 bits per heavy atom. The van der Waals surface area contributed by atoms with E-state index < -0.39 is 27.9 Å². The summed E-state index contributed by atoms with van der Waals surface area (Å²) in [6.07, 6.45) is -0.210. The lowest BCUT2D eigenvalue weighted by atomic mass is 10.1. The molecule has 0 aliphatic heterocycles. The van der Waals surface area contributed by atoms with Crippen molar-refractivity contribution in [1.29, 1.82) is 0 Å². The second-order valence-corrected chi connectivity index (χ2v) is 8.58. The van der Waals surface area contributed by atoms with Gasteiger partial charge in [-0.05, 0) is 42.5 Å². The van der Waals surface area contributed by atoms with Gasteiger partial charge in [-0.15, -0.1) is 0 Å². The van der Waals surface area contributed by atoms with E-state index in [1.54, 1.807) is 12.1 Å². The standard InChI is InChI=1S/C19H19BrN2O7S/c1-28-18(24)12-3-8-15(19(25)29-2)16(11-12)22-17(23)9-10-21-30(26,27)14-6-4-13(20)5-7-14/h3-8,11,21H,9-10H2,1-2H3,(H,22,23). The molecule has 0 aliphatic carbocycles. The van der Waals surface area contributed by atoms with E-state index in [0.717, 1.165) is 4.47 Å². The van der Waals surface area contributed by atoms with Crippen molar-refractivity contribution in [3.05, 3.63) is 58.1 Å². The molecule has 9 nitrogen and oxygen atoms in total. The van der Waals surface area contributed by atoms with Crippen LogP contribution in [0.5, 0.6) is 0 Å². The summed E-state index contributed by atoms with van der Waals surface area (Å²) in [5.41, 5.74) is 0.204. The molecule has 11 heteroatoms. The Morgan fingerprint density at radius 1 is 0.967 bits per heavy atom. The predicted octanol–water partition coefficient (Wildman–Crippen LogP) is 2.33. The first kappa shape index (κ1) is 23.5. The molecule has 0 aromatic heterocycles. The zero-order valence-electron chi connectivity index (χ0n) is 16.1. The second kappa shape index (κ2) is 10.3. The molecule has 2 aromatic carbocycles. The molecule has 1 amide bonds. The molecule has 0 bridgehead atoms. The van der Waals surface area contributed by atoms with Crippen LogP contribution in [-0.2, 0) is 24.3 Å². The van der Waals surface area contributed by atoms with Crippen LogP contribution in [0.4, 0.5) is 5.69 Å². The van der Waals surface area contributed by atoms with E-state index in [-0.39, 0.29) is 34.7 Å². The molecule has 0 aliphatic rings. The number of sulfonamides is 1. The number of hydrogen-bond acceptors (Lipinski definition) is 7. The maximum atomic E-state index is 12.3. The van der Waals surface area contributed by atoms with Gasteiger partial charge >= 0.3 is 11.9 Å². The van der Waals surface area contributed by atoms with E-state index in [9.17, 15) is 22.8 Å². The Labute approximate surface area is 181 Å². The Balaban J connectivity index is 2.07. The highest BCUT2D eigenvalue weighted by molar-refractivity contribution is 9.10. The van der Waals surface area contributed by atoms with Crippen molar-refractivity contribution in [2.75, 3.05) is 26.1 Å². The minimum Gasteiger partial charge on any atom is -0.465 e. The van der Waals surface area contributed by atoms with Crippen LogP contribution in [0.25, 0.3) is 0 Å². The fourth-order valence-corrected chi connectivity index (χ4v) is 3.69. The third-order valence-corrected chi connectivity index (χ3v) is 5.89. The average Bonchev–Trinajstić information content (AvgIpc) is 2.72. The molecule has 0 saturated carbocycles. The van der Waals surface area contributed by atoms with Crippen LogP contribution >= 0.6 is 15.9 Å². The van der Waals surface area contributed by atoms with Crippen molar-refractivity contribution in [2.24, 2.45) is 0 Å². The summed E-state index contributed by atoms with van der Waals surface area (Å²) in [5.74, 6) is -1.93. The van der Waals surface area contributed by atoms with Gasteiger partial charge in [0.15, 0.2) is 0 Å². The van der Waals surface area contributed by atoms with Gasteiger partial charge < -0.3 is 14.8 Å². The van der Waals surface area contributed by atoms with E-state index in [4.69, 9.17) is 0 Å². The number of carbonyl (C=O) groups excluding carboxylic acids is 3.